The Labute approximate surface area is 148 Å². The van der Waals surface area contributed by atoms with Crippen LogP contribution in [0.4, 0.5) is 0 Å². The summed E-state index contributed by atoms with van der Waals surface area (Å²) in [6.07, 6.45) is -3.81. The van der Waals surface area contributed by atoms with E-state index in [1.165, 1.54) is 6.20 Å². The fourth-order valence-corrected chi connectivity index (χ4v) is 2.78. The number of aromatic nitrogens is 2. The van der Waals surface area contributed by atoms with Crippen molar-refractivity contribution in [3.63, 3.8) is 0 Å². The summed E-state index contributed by atoms with van der Waals surface area (Å²) in [5.41, 5.74) is -0.424. The molecule has 9 nitrogen and oxygen atoms in total. The van der Waals surface area contributed by atoms with Gasteiger partial charge >= 0.3 is 5.69 Å². The summed E-state index contributed by atoms with van der Waals surface area (Å²) in [6, 6.07) is 10.4. The van der Waals surface area contributed by atoms with Crippen LogP contribution in [0.15, 0.2) is 52.2 Å². The van der Waals surface area contributed by atoms with E-state index in [9.17, 15) is 19.8 Å². The van der Waals surface area contributed by atoms with Gasteiger partial charge in [0.05, 0.1) is 13.2 Å². The number of hydrogen-bond donors (Lipinski definition) is 3. The molecule has 0 bridgehead atoms. The van der Waals surface area contributed by atoms with Crippen molar-refractivity contribution in [3.05, 3.63) is 69.0 Å². The second kappa shape index (κ2) is 7.94. The molecule has 0 amide bonds. The molecule has 140 valence electrons. The van der Waals surface area contributed by atoms with Crippen LogP contribution < -0.4 is 11.2 Å². The largest absolute Gasteiger partial charge is 0.394 e. The zero-order chi connectivity index (χ0) is 18.7. The summed E-state index contributed by atoms with van der Waals surface area (Å²) in [6.45, 7) is -0.568. The maximum Gasteiger partial charge on any atom is 0.335 e. The molecule has 1 aromatic heterocycles. The minimum atomic E-state index is -1.42. The van der Waals surface area contributed by atoms with Crippen LogP contribution in [0.25, 0.3) is 0 Å². The molecule has 3 N–H and O–H groups in total. The second-order valence-electron chi connectivity index (χ2n) is 5.96. The first-order valence-electron chi connectivity index (χ1n) is 8.09. The fraction of sp³-hybridized carbons (Fsp3) is 0.412. The molecule has 3 rings (SSSR count). The molecule has 0 saturated carbocycles. The van der Waals surface area contributed by atoms with E-state index >= 15 is 0 Å². The molecule has 4 atom stereocenters. The van der Waals surface area contributed by atoms with E-state index in [0.29, 0.717) is 0 Å². The summed E-state index contributed by atoms with van der Waals surface area (Å²) >= 11 is 0. The van der Waals surface area contributed by atoms with Crippen molar-refractivity contribution >= 4 is 0 Å². The van der Waals surface area contributed by atoms with Gasteiger partial charge in [-0.1, -0.05) is 30.3 Å². The van der Waals surface area contributed by atoms with Gasteiger partial charge in [-0.2, -0.15) is 0 Å². The van der Waals surface area contributed by atoms with Gasteiger partial charge in [0, 0.05) is 12.3 Å². The highest BCUT2D eigenvalue weighted by Crippen LogP contribution is 2.27. The van der Waals surface area contributed by atoms with Crippen LogP contribution in [-0.2, 0) is 22.8 Å². The van der Waals surface area contributed by atoms with Crippen LogP contribution in [0.5, 0.6) is 0 Å². The van der Waals surface area contributed by atoms with Gasteiger partial charge < -0.3 is 24.8 Å². The average Bonchev–Trinajstić information content (AvgIpc) is 2.93. The Bertz CT molecular complexity index is 848. The highest BCUT2D eigenvalue weighted by atomic mass is 16.6. The van der Waals surface area contributed by atoms with Gasteiger partial charge in [0.2, 0.25) is 0 Å². The Morgan fingerprint density at radius 3 is 2.46 bits per heavy atom. The second-order valence-corrected chi connectivity index (χ2v) is 5.96. The zero-order valence-electron chi connectivity index (χ0n) is 13.8. The van der Waals surface area contributed by atoms with Crippen LogP contribution in [0, 0.1) is 0 Å². The summed E-state index contributed by atoms with van der Waals surface area (Å²) in [5, 5.41) is 29.0. The fourth-order valence-electron chi connectivity index (χ4n) is 2.78. The molecule has 1 unspecified atom stereocenters. The topological polar surface area (TPSA) is 123 Å². The first-order valence-corrected chi connectivity index (χ1v) is 8.09. The van der Waals surface area contributed by atoms with Crippen molar-refractivity contribution in [2.45, 2.75) is 37.9 Å². The first kappa shape index (κ1) is 18.5. The third kappa shape index (κ3) is 3.62. The van der Waals surface area contributed by atoms with E-state index in [1.807, 2.05) is 30.3 Å². The number of aliphatic hydroxyl groups excluding tert-OH is 3. The summed E-state index contributed by atoms with van der Waals surface area (Å²) in [7, 11) is 0. The van der Waals surface area contributed by atoms with E-state index in [4.69, 9.17) is 14.6 Å². The Balaban J connectivity index is 1.79. The molecule has 0 radical (unpaired) electrons. The molecule has 9 heteroatoms. The molecular weight excluding hydrogens is 344 g/mol. The van der Waals surface area contributed by atoms with Crippen molar-refractivity contribution in [3.8, 4) is 0 Å². The molecule has 1 saturated heterocycles. The maximum atomic E-state index is 12.6. The van der Waals surface area contributed by atoms with Gasteiger partial charge in [-0.15, -0.1) is 0 Å². The zero-order valence-corrected chi connectivity index (χ0v) is 13.8. The molecule has 1 aliphatic heterocycles. The predicted octanol–water partition coefficient (Wildman–Crippen LogP) is -1.20. The Morgan fingerprint density at radius 2 is 1.81 bits per heavy atom. The molecule has 2 aromatic rings. The summed E-state index contributed by atoms with van der Waals surface area (Å²) in [5.74, 6) is 0. The number of ether oxygens (including phenoxy) is 2. The molecule has 1 aliphatic rings. The molecule has 0 spiro atoms. The van der Waals surface area contributed by atoms with Crippen molar-refractivity contribution in [2.24, 2.45) is 0 Å². The van der Waals surface area contributed by atoms with Gasteiger partial charge in [0.1, 0.15) is 25.0 Å². The Morgan fingerprint density at radius 1 is 1.08 bits per heavy atom. The highest BCUT2D eigenvalue weighted by molar-refractivity contribution is 5.13. The van der Waals surface area contributed by atoms with E-state index in [-0.39, 0.29) is 13.3 Å². The lowest BCUT2D eigenvalue weighted by Crippen LogP contribution is -2.43. The SMILES string of the molecule is O=c1ccn([C@@H]2O[C@H](CO)C(O)[C@@H]2O)c(=O)n1COCc1ccccc1. The molecule has 26 heavy (non-hydrogen) atoms. The van der Waals surface area contributed by atoms with Gasteiger partial charge in [-0.3, -0.25) is 9.36 Å². The monoisotopic (exact) mass is 364 g/mol. The van der Waals surface area contributed by atoms with E-state index < -0.39 is 42.4 Å². The van der Waals surface area contributed by atoms with Crippen molar-refractivity contribution in [1.82, 2.24) is 9.13 Å². The molecular formula is C17H20N2O7. The van der Waals surface area contributed by atoms with Crippen LogP contribution in [0.2, 0.25) is 0 Å². The highest BCUT2D eigenvalue weighted by Gasteiger charge is 2.43. The third-order valence-electron chi connectivity index (χ3n) is 4.22. The maximum absolute atomic E-state index is 12.6. The smallest absolute Gasteiger partial charge is 0.335 e. The minimum absolute atomic E-state index is 0.218. The van der Waals surface area contributed by atoms with Crippen LogP contribution in [-0.4, -0.2) is 49.4 Å². The number of aliphatic hydroxyl groups is 3. The number of nitrogens with zero attached hydrogens (tertiary/aromatic N) is 2. The number of rotatable bonds is 6. The van der Waals surface area contributed by atoms with Crippen molar-refractivity contribution < 1.29 is 24.8 Å². The normalized spacial score (nSPS) is 25.5. The summed E-state index contributed by atoms with van der Waals surface area (Å²) in [4.78, 5) is 24.6. The Kier molecular flexibility index (Phi) is 5.64. The number of hydrogen-bond acceptors (Lipinski definition) is 7. The van der Waals surface area contributed by atoms with Crippen LogP contribution in [0.1, 0.15) is 11.8 Å². The molecule has 1 fully saturated rings. The Hall–Kier alpha value is -2.30. The van der Waals surface area contributed by atoms with Gasteiger partial charge in [0.15, 0.2) is 6.23 Å². The van der Waals surface area contributed by atoms with Crippen molar-refractivity contribution in [2.75, 3.05) is 6.61 Å². The van der Waals surface area contributed by atoms with Crippen LogP contribution in [0.3, 0.4) is 0 Å². The predicted molar refractivity (Wildman–Crippen MR) is 89.2 cm³/mol. The van der Waals surface area contributed by atoms with Gasteiger partial charge in [-0.25, -0.2) is 9.36 Å². The average molecular weight is 364 g/mol. The lowest BCUT2D eigenvalue weighted by Gasteiger charge is -2.18. The van der Waals surface area contributed by atoms with Crippen LogP contribution >= 0.6 is 0 Å². The lowest BCUT2D eigenvalue weighted by molar-refractivity contribution is -0.0566. The van der Waals surface area contributed by atoms with E-state index in [2.05, 4.69) is 0 Å². The van der Waals surface area contributed by atoms with Gasteiger partial charge in [-0.05, 0) is 5.56 Å². The quantitative estimate of drug-likeness (QED) is 0.588. The van der Waals surface area contributed by atoms with Crippen molar-refractivity contribution in [1.29, 1.82) is 0 Å². The number of benzene rings is 1. The van der Waals surface area contributed by atoms with E-state index in [0.717, 1.165) is 20.8 Å². The van der Waals surface area contributed by atoms with E-state index in [1.54, 1.807) is 0 Å². The third-order valence-corrected chi connectivity index (χ3v) is 4.22. The minimum Gasteiger partial charge on any atom is -0.394 e. The summed E-state index contributed by atoms with van der Waals surface area (Å²) < 4.78 is 12.6. The molecule has 1 aromatic carbocycles. The molecule has 0 aliphatic carbocycles. The standard InChI is InChI=1S/C17H20N2O7/c20-8-12-14(22)15(23)16(26-12)18-7-6-13(21)19(17(18)24)10-25-9-11-4-2-1-3-5-11/h1-7,12,14-16,20,22-23H,8-10H2/t12-,14?,15+,16-/m1/s1. The lowest BCUT2D eigenvalue weighted by atomic mass is 10.1. The molecule has 2 heterocycles. The first-order chi connectivity index (χ1) is 12.5. The van der Waals surface area contributed by atoms with Gasteiger partial charge in [0.25, 0.3) is 5.56 Å².